The molecule has 4 heteroatoms. The van der Waals surface area contributed by atoms with Crippen LogP contribution in [0.3, 0.4) is 0 Å². The first-order valence-electron chi connectivity index (χ1n) is 5.54. The Hall–Kier alpha value is -2.46. The van der Waals surface area contributed by atoms with Gasteiger partial charge in [-0.15, -0.1) is 0 Å². The van der Waals surface area contributed by atoms with Crippen molar-refractivity contribution < 1.29 is 10.0 Å². The standard InChI is InChI=1S/C14H10N2O2/c17-13-11-8-4-5-9-12(11)15-14(13)16(18)10-6-2-1-3-7-10/h1-9,18H. The average Bonchev–Trinajstić information content (AvgIpc) is 2.77. The fraction of sp³-hybridized carbons (Fsp3) is 0. The van der Waals surface area contributed by atoms with Gasteiger partial charge in [0.25, 0.3) is 0 Å². The van der Waals surface area contributed by atoms with Crippen molar-refractivity contribution in [2.75, 3.05) is 5.06 Å². The lowest BCUT2D eigenvalue weighted by Crippen LogP contribution is -2.31. The van der Waals surface area contributed by atoms with E-state index in [4.69, 9.17) is 0 Å². The third kappa shape index (κ3) is 1.59. The molecule has 1 N–H and O–H groups in total. The van der Waals surface area contributed by atoms with E-state index in [9.17, 15) is 10.0 Å². The zero-order chi connectivity index (χ0) is 12.5. The Labute approximate surface area is 104 Å². The van der Waals surface area contributed by atoms with Crippen LogP contribution >= 0.6 is 0 Å². The van der Waals surface area contributed by atoms with E-state index < -0.39 is 0 Å². The van der Waals surface area contributed by atoms with Gasteiger partial charge < -0.3 is 0 Å². The number of para-hydroxylation sites is 2. The van der Waals surface area contributed by atoms with Crippen molar-refractivity contribution in [3.63, 3.8) is 0 Å². The van der Waals surface area contributed by atoms with Gasteiger partial charge in [0.05, 0.1) is 16.9 Å². The van der Waals surface area contributed by atoms with Crippen LogP contribution in [0.2, 0.25) is 0 Å². The maximum atomic E-state index is 12.1. The van der Waals surface area contributed by atoms with Gasteiger partial charge in [-0.2, -0.15) is 0 Å². The Kier molecular flexibility index (Phi) is 2.42. The molecule has 2 aromatic rings. The SMILES string of the molecule is O=C1C(N(O)c2ccccc2)=Nc2ccccc21. The quantitative estimate of drug-likeness (QED) is 0.777. The van der Waals surface area contributed by atoms with Crippen LogP contribution in [-0.4, -0.2) is 16.8 Å². The molecule has 4 nitrogen and oxygen atoms in total. The molecular formula is C14H10N2O2. The van der Waals surface area contributed by atoms with Crippen LogP contribution in [0.25, 0.3) is 0 Å². The number of hydrogen-bond acceptors (Lipinski definition) is 4. The van der Waals surface area contributed by atoms with E-state index in [-0.39, 0.29) is 11.6 Å². The Morgan fingerprint density at radius 1 is 0.944 bits per heavy atom. The fourth-order valence-corrected chi connectivity index (χ4v) is 1.88. The number of fused-ring (bicyclic) bond motifs is 1. The van der Waals surface area contributed by atoms with Gasteiger partial charge in [0.1, 0.15) is 0 Å². The van der Waals surface area contributed by atoms with Gasteiger partial charge in [-0.3, -0.25) is 10.0 Å². The molecule has 0 unspecified atom stereocenters. The lowest BCUT2D eigenvalue weighted by atomic mass is 10.1. The van der Waals surface area contributed by atoms with Crippen LogP contribution < -0.4 is 5.06 Å². The van der Waals surface area contributed by atoms with E-state index in [1.54, 1.807) is 42.5 Å². The maximum Gasteiger partial charge on any atom is 0.232 e. The number of amidine groups is 1. The molecule has 1 aliphatic rings. The minimum atomic E-state index is -0.267. The third-order valence-corrected chi connectivity index (χ3v) is 2.78. The number of anilines is 1. The summed E-state index contributed by atoms with van der Waals surface area (Å²) in [5.41, 5.74) is 1.62. The number of rotatable bonds is 1. The molecule has 0 fully saturated rings. The van der Waals surface area contributed by atoms with Gasteiger partial charge in [-0.25, -0.2) is 10.1 Å². The second kappa shape index (κ2) is 4.09. The maximum absolute atomic E-state index is 12.1. The molecular weight excluding hydrogens is 228 g/mol. The number of benzene rings is 2. The molecule has 0 bridgehead atoms. The topological polar surface area (TPSA) is 52.9 Å². The number of hydrogen-bond donors (Lipinski definition) is 1. The summed E-state index contributed by atoms with van der Waals surface area (Å²) in [6, 6.07) is 15.9. The van der Waals surface area contributed by atoms with E-state index in [1.165, 1.54) is 0 Å². The smallest absolute Gasteiger partial charge is 0.232 e. The largest absolute Gasteiger partial charge is 0.285 e. The first-order valence-corrected chi connectivity index (χ1v) is 5.54. The van der Waals surface area contributed by atoms with Gasteiger partial charge in [-0.1, -0.05) is 30.3 Å². The van der Waals surface area contributed by atoms with Crippen molar-refractivity contribution in [2.24, 2.45) is 4.99 Å². The molecule has 0 atom stereocenters. The van der Waals surface area contributed by atoms with Crippen LogP contribution in [-0.2, 0) is 0 Å². The van der Waals surface area contributed by atoms with E-state index in [0.717, 1.165) is 5.06 Å². The Bertz CT molecular complexity index is 635. The summed E-state index contributed by atoms with van der Waals surface area (Å²) in [6.45, 7) is 0. The molecule has 1 aliphatic heterocycles. The minimum Gasteiger partial charge on any atom is -0.285 e. The normalized spacial score (nSPS) is 13.2. The Balaban J connectivity index is 1.99. The lowest BCUT2D eigenvalue weighted by Gasteiger charge is -2.14. The molecule has 18 heavy (non-hydrogen) atoms. The lowest BCUT2D eigenvalue weighted by molar-refractivity contribution is 0.106. The van der Waals surface area contributed by atoms with E-state index >= 15 is 0 Å². The molecule has 0 aromatic heterocycles. The molecule has 0 saturated carbocycles. The Morgan fingerprint density at radius 3 is 2.33 bits per heavy atom. The summed E-state index contributed by atoms with van der Waals surface area (Å²) >= 11 is 0. The molecule has 88 valence electrons. The molecule has 0 aliphatic carbocycles. The highest BCUT2D eigenvalue weighted by molar-refractivity contribution is 6.52. The number of Topliss-reactive ketones (excluding diaryl/α,β-unsaturated/α-hetero) is 1. The summed E-state index contributed by atoms with van der Waals surface area (Å²) < 4.78 is 0. The molecule has 0 amide bonds. The van der Waals surface area contributed by atoms with Crippen LogP contribution in [0.1, 0.15) is 10.4 Å². The number of aliphatic imine (C=N–C) groups is 1. The van der Waals surface area contributed by atoms with Crippen molar-refractivity contribution in [1.29, 1.82) is 0 Å². The molecule has 3 rings (SSSR count). The second-order valence-corrected chi connectivity index (χ2v) is 3.93. The fourth-order valence-electron chi connectivity index (χ4n) is 1.88. The number of carbonyl (C=O) groups is 1. The highest BCUT2D eigenvalue weighted by atomic mass is 16.5. The number of nitrogens with zero attached hydrogens (tertiary/aromatic N) is 2. The Morgan fingerprint density at radius 2 is 1.61 bits per heavy atom. The minimum absolute atomic E-state index is 0.0300. The van der Waals surface area contributed by atoms with E-state index in [0.29, 0.717) is 16.9 Å². The summed E-state index contributed by atoms with van der Waals surface area (Å²) in [6.07, 6.45) is 0. The van der Waals surface area contributed by atoms with Gasteiger partial charge in [0, 0.05) is 0 Å². The summed E-state index contributed by atoms with van der Waals surface area (Å²) in [5, 5.41) is 10.9. The van der Waals surface area contributed by atoms with Gasteiger partial charge in [-0.05, 0) is 24.3 Å². The number of carbonyl (C=O) groups excluding carboxylic acids is 1. The van der Waals surface area contributed by atoms with Crippen molar-refractivity contribution >= 4 is 23.0 Å². The summed E-state index contributed by atoms with van der Waals surface area (Å²) in [4.78, 5) is 16.2. The zero-order valence-corrected chi connectivity index (χ0v) is 9.45. The molecule has 2 aromatic carbocycles. The van der Waals surface area contributed by atoms with Crippen molar-refractivity contribution in [1.82, 2.24) is 0 Å². The van der Waals surface area contributed by atoms with Crippen LogP contribution in [0.5, 0.6) is 0 Å². The van der Waals surface area contributed by atoms with Crippen molar-refractivity contribution in [3.05, 3.63) is 60.2 Å². The molecule has 0 saturated heterocycles. The molecule has 0 radical (unpaired) electrons. The summed E-state index contributed by atoms with van der Waals surface area (Å²) in [5.74, 6) is -0.237. The predicted octanol–water partition coefficient (Wildman–Crippen LogP) is 2.81. The first-order chi connectivity index (χ1) is 8.77. The first kappa shape index (κ1) is 10.7. The molecule has 0 spiro atoms. The van der Waals surface area contributed by atoms with Crippen LogP contribution in [0, 0.1) is 0 Å². The van der Waals surface area contributed by atoms with Crippen molar-refractivity contribution in [2.45, 2.75) is 0 Å². The van der Waals surface area contributed by atoms with Gasteiger partial charge >= 0.3 is 0 Å². The summed E-state index contributed by atoms with van der Waals surface area (Å²) in [7, 11) is 0. The predicted molar refractivity (Wildman–Crippen MR) is 68.6 cm³/mol. The van der Waals surface area contributed by atoms with Gasteiger partial charge in [0.2, 0.25) is 11.6 Å². The van der Waals surface area contributed by atoms with E-state index in [1.807, 2.05) is 12.1 Å². The van der Waals surface area contributed by atoms with Crippen LogP contribution in [0.15, 0.2) is 59.6 Å². The van der Waals surface area contributed by atoms with Crippen LogP contribution in [0.4, 0.5) is 11.4 Å². The van der Waals surface area contributed by atoms with E-state index in [2.05, 4.69) is 4.99 Å². The number of hydroxylamine groups is 1. The van der Waals surface area contributed by atoms with Crippen molar-refractivity contribution in [3.8, 4) is 0 Å². The van der Waals surface area contributed by atoms with Gasteiger partial charge in [0.15, 0.2) is 0 Å². The highest BCUT2D eigenvalue weighted by Gasteiger charge is 2.28. The monoisotopic (exact) mass is 238 g/mol. The number of ketones is 1. The highest BCUT2D eigenvalue weighted by Crippen LogP contribution is 2.28. The second-order valence-electron chi connectivity index (χ2n) is 3.93. The molecule has 1 heterocycles. The third-order valence-electron chi connectivity index (χ3n) is 2.78. The zero-order valence-electron chi connectivity index (χ0n) is 9.45. The average molecular weight is 238 g/mol.